The van der Waals surface area contributed by atoms with Crippen molar-refractivity contribution in [2.75, 3.05) is 0 Å². The second-order valence-electron chi connectivity index (χ2n) is 6.51. The quantitative estimate of drug-likeness (QED) is 0.936. The molecule has 0 saturated heterocycles. The van der Waals surface area contributed by atoms with Crippen molar-refractivity contribution in [1.82, 2.24) is 14.9 Å². The summed E-state index contributed by atoms with van der Waals surface area (Å²) >= 11 is 0. The Morgan fingerprint density at radius 3 is 2.83 bits per heavy atom. The summed E-state index contributed by atoms with van der Waals surface area (Å²) in [5.74, 6) is -0.134. The van der Waals surface area contributed by atoms with E-state index in [9.17, 15) is 10.1 Å². The molecule has 0 radical (unpaired) electrons. The van der Waals surface area contributed by atoms with Crippen LogP contribution in [0.4, 0.5) is 0 Å². The number of hydrogen-bond donors (Lipinski definition) is 1. The highest BCUT2D eigenvalue weighted by molar-refractivity contribution is 5.85. The lowest BCUT2D eigenvalue weighted by molar-refractivity contribution is -0.130. The number of hydrogen-bond acceptors (Lipinski definition) is 3. The Balaban J connectivity index is 1.75. The number of nitrogens with zero attached hydrogens (tertiary/aromatic N) is 3. The van der Waals surface area contributed by atoms with E-state index in [1.807, 2.05) is 42.0 Å². The number of carbonyl (C=O) groups excluding carboxylic acids is 1. The van der Waals surface area contributed by atoms with Crippen LogP contribution < -0.4 is 5.32 Å². The number of nitrogens with one attached hydrogen (secondary N) is 1. The minimum Gasteiger partial charge on any atom is -0.348 e. The third-order valence-electron chi connectivity index (χ3n) is 4.88. The van der Waals surface area contributed by atoms with Crippen LogP contribution in [0.15, 0.2) is 43.0 Å². The van der Waals surface area contributed by atoms with Crippen LogP contribution in [0.3, 0.4) is 0 Å². The van der Waals surface area contributed by atoms with Gasteiger partial charge in [-0.25, -0.2) is 4.98 Å². The van der Waals surface area contributed by atoms with E-state index in [-0.39, 0.29) is 11.9 Å². The molecule has 0 bridgehead atoms. The molecule has 1 atom stereocenters. The van der Waals surface area contributed by atoms with Gasteiger partial charge in [0.2, 0.25) is 5.91 Å². The smallest absolute Gasteiger partial charge is 0.240 e. The number of rotatable bonds is 4. The van der Waals surface area contributed by atoms with E-state index in [0.29, 0.717) is 12.8 Å². The van der Waals surface area contributed by atoms with E-state index < -0.39 is 5.41 Å². The van der Waals surface area contributed by atoms with Gasteiger partial charge in [0.1, 0.15) is 5.41 Å². The first-order chi connectivity index (χ1) is 11.6. The fraction of sp³-hybridized carbons (Fsp3) is 0.421. The summed E-state index contributed by atoms with van der Waals surface area (Å²) in [6, 6.07) is 10.1. The summed E-state index contributed by atoms with van der Waals surface area (Å²) in [6.07, 6.45) is 9.70. The Labute approximate surface area is 142 Å². The highest BCUT2D eigenvalue weighted by Crippen LogP contribution is 2.36. The SMILES string of the molecule is C[C@@H](NC(=O)C1(C#N)CCCCC1)c1cccc(-n2ccnc2)c1. The molecule has 24 heavy (non-hydrogen) atoms. The standard InChI is InChI=1S/C19H22N4O/c1-15(22-18(24)19(13-20)8-3-2-4-9-19)16-6-5-7-17(12-16)23-11-10-21-14-23/h5-7,10-12,14-15H,2-4,8-9H2,1H3,(H,22,24)/t15-/m1/s1. The van der Waals surface area contributed by atoms with Gasteiger partial charge in [-0.1, -0.05) is 31.4 Å². The van der Waals surface area contributed by atoms with Crippen molar-refractivity contribution in [3.05, 3.63) is 48.5 Å². The number of imidazole rings is 1. The maximum atomic E-state index is 12.7. The van der Waals surface area contributed by atoms with E-state index in [0.717, 1.165) is 30.5 Å². The second-order valence-corrected chi connectivity index (χ2v) is 6.51. The predicted molar refractivity (Wildman–Crippen MR) is 91.3 cm³/mol. The minimum absolute atomic E-state index is 0.134. The van der Waals surface area contributed by atoms with Gasteiger partial charge in [0.05, 0.1) is 18.4 Å². The highest BCUT2D eigenvalue weighted by atomic mass is 16.2. The summed E-state index contributed by atoms with van der Waals surface area (Å²) < 4.78 is 1.93. The van der Waals surface area contributed by atoms with Crippen molar-refractivity contribution < 1.29 is 4.79 Å². The number of carbonyl (C=O) groups is 1. The van der Waals surface area contributed by atoms with Gasteiger partial charge < -0.3 is 9.88 Å². The Hall–Kier alpha value is -2.61. The van der Waals surface area contributed by atoms with E-state index >= 15 is 0 Å². The van der Waals surface area contributed by atoms with Gasteiger partial charge in [0.25, 0.3) is 0 Å². The lowest BCUT2D eigenvalue weighted by Gasteiger charge is -2.30. The van der Waals surface area contributed by atoms with Crippen molar-refractivity contribution in [1.29, 1.82) is 5.26 Å². The summed E-state index contributed by atoms with van der Waals surface area (Å²) in [4.78, 5) is 16.8. The van der Waals surface area contributed by atoms with Crippen LogP contribution in [0.2, 0.25) is 0 Å². The molecule has 3 rings (SSSR count). The molecular formula is C19H22N4O. The molecule has 0 spiro atoms. The lowest BCUT2D eigenvalue weighted by atomic mass is 9.74. The molecule has 1 N–H and O–H groups in total. The maximum absolute atomic E-state index is 12.7. The van der Waals surface area contributed by atoms with Crippen molar-refractivity contribution in [3.8, 4) is 11.8 Å². The first-order valence-electron chi connectivity index (χ1n) is 8.45. The van der Waals surface area contributed by atoms with Crippen molar-refractivity contribution in [3.63, 3.8) is 0 Å². The van der Waals surface area contributed by atoms with E-state index in [2.05, 4.69) is 16.4 Å². The van der Waals surface area contributed by atoms with Gasteiger partial charge in [-0.05, 0) is 37.5 Å². The highest BCUT2D eigenvalue weighted by Gasteiger charge is 2.40. The molecule has 1 aromatic heterocycles. The van der Waals surface area contributed by atoms with Gasteiger partial charge in [-0.15, -0.1) is 0 Å². The molecule has 1 amide bonds. The second kappa shape index (κ2) is 6.88. The monoisotopic (exact) mass is 322 g/mol. The van der Waals surface area contributed by atoms with Crippen LogP contribution in [-0.4, -0.2) is 15.5 Å². The lowest BCUT2D eigenvalue weighted by Crippen LogP contribution is -2.42. The summed E-state index contributed by atoms with van der Waals surface area (Å²) in [6.45, 7) is 1.96. The average molecular weight is 322 g/mol. The summed E-state index contributed by atoms with van der Waals surface area (Å²) in [5.41, 5.74) is 1.16. The van der Waals surface area contributed by atoms with E-state index in [1.54, 1.807) is 12.5 Å². The third-order valence-corrected chi connectivity index (χ3v) is 4.88. The molecule has 5 nitrogen and oxygen atoms in total. The number of benzene rings is 1. The fourth-order valence-electron chi connectivity index (χ4n) is 3.33. The van der Waals surface area contributed by atoms with Gasteiger partial charge in [-0.2, -0.15) is 5.26 Å². The largest absolute Gasteiger partial charge is 0.348 e. The minimum atomic E-state index is -0.853. The third kappa shape index (κ3) is 3.18. The van der Waals surface area contributed by atoms with E-state index in [1.165, 1.54) is 0 Å². The zero-order valence-corrected chi connectivity index (χ0v) is 13.9. The topological polar surface area (TPSA) is 70.7 Å². The van der Waals surface area contributed by atoms with Gasteiger partial charge in [0, 0.05) is 18.1 Å². The number of amides is 1. The molecule has 2 aromatic rings. The van der Waals surface area contributed by atoms with Crippen molar-refractivity contribution in [2.24, 2.45) is 5.41 Å². The molecule has 1 aliphatic carbocycles. The normalized spacial score (nSPS) is 17.7. The molecule has 1 heterocycles. The Morgan fingerprint density at radius 1 is 1.38 bits per heavy atom. The molecule has 1 fully saturated rings. The molecule has 1 aliphatic rings. The summed E-state index contributed by atoms with van der Waals surface area (Å²) in [7, 11) is 0. The van der Waals surface area contributed by atoms with Crippen molar-refractivity contribution in [2.45, 2.75) is 45.1 Å². The predicted octanol–water partition coefficient (Wildman–Crippen LogP) is 3.52. The van der Waals surface area contributed by atoms with Crippen molar-refractivity contribution >= 4 is 5.91 Å². The van der Waals surface area contributed by atoms with Crippen LogP contribution in [0.1, 0.15) is 50.6 Å². The molecule has 1 aromatic carbocycles. The fourth-order valence-corrected chi connectivity index (χ4v) is 3.33. The Morgan fingerprint density at radius 2 is 2.17 bits per heavy atom. The average Bonchev–Trinajstić information content (AvgIpc) is 3.17. The van der Waals surface area contributed by atoms with Crippen LogP contribution in [0, 0.1) is 16.7 Å². The Bertz CT molecular complexity index is 739. The number of nitriles is 1. The zero-order valence-electron chi connectivity index (χ0n) is 13.9. The van der Waals surface area contributed by atoms with Crippen LogP contribution in [0.25, 0.3) is 5.69 Å². The van der Waals surface area contributed by atoms with E-state index in [4.69, 9.17) is 0 Å². The molecule has 1 saturated carbocycles. The van der Waals surface area contributed by atoms with Gasteiger partial charge in [-0.3, -0.25) is 4.79 Å². The molecule has 124 valence electrons. The van der Waals surface area contributed by atoms with Gasteiger partial charge in [0.15, 0.2) is 0 Å². The maximum Gasteiger partial charge on any atom is 0.240 e. The Kier molecular flexibility index (Phi) is 4.66. The van der Waals surface area contributed by atoms with Crippen LogP contribution in [-0.2, 0) is 4.79 Å². The molecule has 0 unspecified atom stereocenters. The first kappa shape index (κ1) is 16.3. The first-order valence-corrected chi connectivity index (χ1v) is 8.45. The molecule has 0 aliphatic heterocycles. The van der Waals surface area contributed by atoms with Crippen LogP contribution in [0.5, 0.6) is 0 Å². The zero-order chi connectivity index (χ0) is 17.0. The number of aromatic nitrogens is 2. The summed E-state index contributed by atoms with van der Waals surface area (Å²) in [5, 5.41) is 12.6. The molecule has 5 heteroatoms. The van der Waals surface area contributed by atoms with Gasteiger partial charge >= 0.3 is 0 Å². The molecular weight excluding hydrogens is 300 g/mol. The van der Waals surface area contributed by atoms with Crippen LogP contribution >= 0.6 is 0 Å².